The monoisotopic (exact) mass is 254 g/mol. The van der Waals surface area contributed by atoms with E-state index in [0.717, 1.165) is 5.69 Å². The molecule has 6 heteroatoms. The van der Waals surface area contributed by atoms with Gasteiger partial charge in [0.2, 0.25) is 0 Å². The first kappa shape index (κ1) is 12.0. The third-order valence-corrected chi connectivity index (χ3v) is 2.73. The molecule has 90 valence electrons. The van der Waals surface area contributed by atoms with Gasteiger partial charge >= 0.3 is 0 Å². The van der Waals surface area contributed by atoms with Crippen LogP contribution in [0.2, 0.25) is 5.02 Å². The second kappa shape index (κ2) is 5.25. The van der Waals surface area contributed by atoms with E-state index in [2.05, 4.69) is 15.6 Å². The summed E-state index contributed by atoms with van der Waals surface area (Å²) >= 11 is 5.86. The maximum absolute atomic E-state index is 13.2. The van der Waals surface area contributed by atoms with Crippen LogP contribution in [0.3, 0.4) is 0 Å². The molecule has 0 saturated carbocycles. The first-order valence-corrected chi connectivity index (χ1v) is 5.55. The lowest BCUT2D eigenvalue weighted by atomic mass is 10.2. The minimum Gasteiger partial charge on any atom is -0.314 e. The van der Waals surface area contributed by atoms with Crippen LogP contribution in [0.1, 0.15) is 11.3 Å². The van der Waals surface area contributed by atoms with Crippen molar-refractivity contribution in [2.24, 2.45) is 0 Å². The van der Waals surface area contributed by atoms with Gasteiger partial charge in [0.25, 0.3) is 0 Å². The van der Waals surface area contributed by atoms with Gasteiger partial charge in [0, 0.05) is 6.54 Å². The molecular weight excluding hydrogens is 243 g/mol. The second-order valence-electron chi connectivity index (χ2n) is 3.65. The molecule has 1 aromatic heterocycles. The van der Waals surface area contributed by atoms with Crippen LogP contribution in [0.5, 0.6) is 0 Å². The molecule has 1 N–H and O–H groups in total. The third kappa shape index (κ3) is 2.81. The van der Waals surface area contributed by atoms with E-state index in [-0.39, 0.29) is 5.02 Å². The predicted molar refractivity (Wildman–Crippen MR) is 63.3 cm³/mol. The van der Waals surface area contributed by atoms with Gasteiger partial charge in [0.15, 0.2) is 0 Å². The summed E-state index contributed by atoms with van der Waals surface area (Å²) in [4.78, 5) is 0. The molecule has 0 bridgehead atoms. The summed E-state index contributed by atoms with van der Waals surface area (Å²) in [7, 11) is 1.84. The summed E-state index contributed by atoms with van der Waals surface area (Å²) in [6, 6.07) is 4.73. The minimum absolute atomic E-state index is 0.137. The molecule has 0 amide bonds. The second-order valence-corrected chi connectivity index (χ2v) is 4.03. The average molecular weight is 255 g/mol. The maximum atomic E-state index is 13.2. The van der Waals surface area contributed by atoms with Crippen molar-refractivity contribution in [1.82, 2.24) is 20.3 Å². The summed E-state index contributed by atoms with van der Waals surface area (Å²) in [5.74, 6) is -0.417. The zero-order valence-electron chi connectivity index (χ0n) is 9.32. The molecule has 4 nitrogen and oxygen atoms in total. The highest BCUT2D eigenvalue weighted by Crippen LogP contribution is 2.20. The highest BCUT2D eigenvalue weighted by atomic mass is 35.5. The van der Waals surface area contributed by atoms with Crippen LogP contribution in [-0.2, 0) is 13.1 Å². The largest absolute Gasteiger partial charge is 0.314 e. The number of benzene rings is 1. The molecule has 0 fully saturated rings. The number of aromatic nitrogens is 3. The van der Waals surface area contributed by atoms with Crippen molar-refractivity contribution >= 4 is 11.6 Å². The quantitative estimate of drug-likeness (QED) is 0.905. The Balaban J connectivity index is 2.16. The highest BCUT2D eigenvalue weighted by molar-refractivity contribution is 6.31. The van der Waals surface area contributed by atoms with E-state index in [9.17, 15) is 4.39 Å². The van der Waals surface area contributed by atoms with Crippen LogP contribution in [0.4, 0.5) is 4.39 Å². The van der Waals surface area contributed by atoms with Crippen molar-refractivity contribution in [1.29, 1.82) is 0 Å². The van der Waals surface area contributed by atoms with Gasteiger partial charge < -0.3 is 5.32 Å². The first-order chi connectivity index (χ1) is 8.20. The Bertz CT molecular complexity index is 512. The predicted octanol–water partition coefficient (Wildman–Crippen LogP) is 1.84. The van der Waals surface area contributed by atoms with E-state index in [1.165, 1.54) is 6.07 Å². The molecular formula is C11H12ClFN4. The van der Waals surface area contributed by atoms with Crippen molar-refractivity contribution in [3.63, 3.8) is 0 Å². The lowest BCUT2D eigenvalue weighted by molar-refractivity contribution is 0.614. The van der Waals surface area contributed by atoms with Crippen molar-refractivity contribution in [3.05, 3.63) is 46.5 Å². The number of hydrogen-bond donors (Lipinski definition) is 1. The van der Waals surface area contributed by atoms with Crippen LogP contribution in [0.15, 0.2) is 24.4 Å². The molecule has 0 atom stereocenters. The normalized spacial score (nSPS) is 10.8. The Morgan fingerprint density at radius 2 is 2.29 bits per heavy atom. The van der Waals surface area contributed by atoms with Gasteiger partial charge in [0.05, 0.1) is 23.5 Å². The minimum atomic E-state index is -0.417. The number of nitrogens with zero attached hydrogens (tertiary/aromatic N) is 3. The van der Waals surface area contributed by atoms with E-state index >= 15 is 0 Å². The van der Waals surface area contributed by atoms with E-state index in [1.54, 1.807) is 23.0 Å². The summed E-state index contributed by atoms with van der Waals surface area (Å²) < 4.78 is 14.9. The molecule has 1 aromatic carbocycles. The van der Waals surface area contributed by atoms with E-state index in [0.29, 0.717) is 18.7 Å². The summed E-state index contributed by atoms with van der Waals surface area (Å²) in [6.45, 7) is 1.06. The molecule has 0 spiro atoms. The molecule has 0 aliphatic rings. The molecule has 0 aliphatic carbocycles. The lowest BCUT2D eigenvalue weighted by Gasteiger charge is -2.04. The number of nitrogens with one attached hydrogen (secondary N) is 1. The van der Waals surface area contributed by atoms with Crippen molar-refractivity contribution < 1.29 is 4.39 Å². The van der Waals surface area contributed by atoms with Crippen LogP contribution < -0.4 is 5.32 Å². The fourth-order valence-electron chi connectivity index (χ4n) is 1.52. The molecule has 0 radical (unpaired) electrons. The molecule has 0 unspecified atom stereocenters. The fourth-order valence-corrected chi connectivity index (χ4v) is 1.71. The SMILES string of the molecule is CNCc1cn(Cc2cccc(F)c2Cl)nn1. The molecule has 0 saturated heterocycles. The van der Waals surface area contributed by atoms with Gasteiger partial charge in [-0.05, 0) is 18.7 Å². The summed E-state index contributed by atoms with van der Waals surface area (Å²) in [5.41, 5.74) is 1.52. The van der Waals surface area contributed by atoms with Crippen LogP contribution >= 0.6 is 11.6 Å². The molecule has 2 rings (SSSR count). The number of halogens is 2. The standard InChI is InChI=1S/C11H12ClFN4/c1-14-5-9-7-17(16-15-9)6-8-3-2-4-10(13)11(8)12/h2-4,7,14H,5-6H2,1H3. The maximum Gasteiger partial charge on any atom is 0.142 e. The summed E-state index contributed by atoms with van der Waals surface area (Å²) in [5, 5.41) is 11.0. The van der Waals surface area contributed by atoms with Gasteiger partial charge in [-0.2, -0.15) is 0 Å². The highest BCUT2D eigenvalue weighted by Gasteiger charge is 2.07. The molecule has 2 aromatic rings. The van der Waals surface area contributed by atoms with Crippen LogP contribution in [0.25, 0.3) is 0 Å². The van der Waals surface area contributed by atoms with E-state index in [4.69, 9.17) is 11.6 Å². The average Bonchev–Trinajstić information content (AvgIpc) is 2.73. The van der Waals surface area contributed by atoms with Crippen molar-refractivity contribution in [2.75, 3.05) is 7.05 Å². The van der Waals surface area contributed by atoms with Gasteiger partial charge in [-0.15, -0.1) is 5.10 Å². The molecule has 1 heterocycles. The number of hydrogen-bond acceptors (Lipinski definition) is 3. The molecule has 0 aliphatic heterocycles. The first-order valence-electron chi connectivity index (χ1n) is 5.17. The van der Waals surface area contributed by atoms with Gasteiger partial charge in [-0.25, -0.2) is 9.07 Å². The van der Waals surface area contributed by atoms with Crippen LogP contribution in [0, 0.1) is 5.82 Å². The Hall–Kier alpha value is -1.46. The smallest absolute Gasteiger partial charge is 0.142 e. The van der Waals surface area contributed by atoms with E-state index < -0.39 is 5.82 Å². The number of rotatable bonds is 4. The Labute approximate surface area is 103 Å². The third-order valence-electron chi connectivity index (χ3n) is 2.31. The topological polar surface area (TPSA) is 42.7 Å². The zero-order valence-corrected chi connectivity index (χ0v) is 10.1. The van der Waals surface area contributed by atoms with Gasteiger partial charge in [-0.3, -0.25) is 0 Å². The van der Waals surface area contributed by atoms with Crippen molar-refractivity contribution in [3.8, 4) is 0 Å². The van der Waals surface area contributed by atoms with Gasteiger partial charge in [0.1, 0.15) is 5.82 Å². The Morgan fingerprint density at radius 3 is 3.06 bits per heavy atom. The molecule has 17 heavy (non-hydrogen) atoms. The zero-order chi connectivity index (χ0) is 12.3. The van der Waals surface area contributed by atoms with Gasteiger partial charge in [-0.1, -0.05) is 28.9 Å². The Morgan fingerprint density at radius 1 is 1.47 bits per heavy atom. The van der Waals surface area contributed by atoms with E-state index in [1.807, 2.05) is 7.05 Å². The fraction of sp³-hybridized carbons (Fsp3) is 0.273. The lowest BCUT2D eigenvalue weighted by Crippen LogP contribution is -2.05. The van der Waals surface area contributed by atoms with Crippen molar-refractivity contribution in [2.45, 2.75) is 13.1 Å². The van der Waals surface area contributed by atoms with Crippen LogP contribution in [-0.4, -0.2) is 22.0 Å². The Kier molecular flexibility index (Phi) is 3.71. The summed E-state index contributed by atoms with van der Waals surface area (Å²) in [6.07, 6.45) is 1.80.